The molecule has 5 heteroatoms. The number of H-pyrrole nitrogens is 1. The van der Waals surface area contributed by atoms with Gasteiger partial charge in [0.2, 0.25) is 0 Å². The van der Waals surface area contributed by atoms with Crippen LogP contribution in [0.2, 0.25) is 0 Å². The second-order valence-electron chi connectivity index (χ2n) is 7.39. The van der Waals surface area contributed by atoms with E-state index >= 15 is 0 Å². The van der Waals surface area contributed by atoms with Crippen molar-refractivity contribution in [3.63, 3.8) is 0 Å². The van der Waals surface area contributed by atoms with Crippen LogP contribution in [0.25, 0.3) is 10.9 Å². The number of aliphatic hydroxyl groups excluding tert-OH is 1. The lowest BCUT2D eigenvalue weighted by atomic mass is 9.98. The van der Waals surface area contributed by atoms with E-state index in [9.17, 15) is 5.11 Å². The van der Waals surface area contributed by atoms with Crippen LogP contribution in [0.3, 0.4) is 0 Å². The first-order valence-corrected chi connectivity index (χ1v) is 9.69. The quantitative estimate of drug-likeness (QED) is 0.741. The molecule has 0 amide bonds. The van der Waals surface area contributed by atoms with Gasteiger partial charge in [-0.1, -0.05) is 36.8 Å². The van der Waals surface area contributed by atoms with E-state index in [0.29, 0.717) is 12.4 Å². The van der Waals surface area contributed by atoms with Crippen LogP contribution in [-0.4, -0.2) is 40.5 Å². The Morgan fingerprint density at radius 1 is 1.04 bits per heavy atom. The Hall–Kier alpha value is -2.50. The van der Waals surface area contributed by atoms with Crippen LogP contribution >= 0.6 is 0 Å². The summed E-state index contributed by atoms with van der Waals surface area (Å²) in [5.41, 5.74) is 2.30. The summed E-state index contributed by atoms with van der Waals surface area (Å²) < 4.78 is 11.9. The maximum atomic E-state index is 11.1. The summed E-state index contributed by atoms with van der Waals surface area (Å²) in [6.07, 6.45) is 2.15. The number of ether oxygens (including phenoxy) is 2. The molecule has 3 aromatic rings. The van der Waals surface area contributed by atoms with Crippen LogP contribution < -0.4 is 9.47 Å². The Bertz CT molecular complexity index is 905. The highest BCUT2D eigenvalue weighted by Gasteiger charge is 2.37. The van der Waals surface area contributed by atoms with Crippen LogP contribution in [-0.2, 0) is 0 Å². The minimum atomic E-state index is -0.713. The van der Waals surface area contributed by atoms with Crippen LogP contribution in [0.15, 0.2) is 54.6 Å². The zero-order chi connectivity index (χ0) is 18.2. The zero-order valence-electron chi connectivity index (χ0n) is 15.2. The Labute approximate surface area is 158 Å². The third kappa shape index (κ3) is 3.07. The Kier molecular flexibility index (Phi) is 4.26. The van der Waals surface area contributed by atoms with Gasteiger partial charge in [-0.25, -0.2) is 0 Å². The molecule has 2 N–H and O–H groups in total. The van der Waals surface area contributed by atoms with Gasteiger partial charge >= 0.3 is 0 Å². The van der Waals surface area contributed by atoms with Crippen LogP contribution in [0, 0.1) is 0 Å². The predicted octanol–water partition coefficient (Wildman–Crippen LogP) is 3.85. The normalized spacial score (nSPS) is 24.0. The number of piperidine rings is 1. The van der Waals surface area contributed by atoms with Gasteiger partial charge in [0, 0.05) is 17.8 Å². The number of benzene rings is 2. The average molecular weight is 364 g/mol. The summed E-state index contributed by atoms with van der Waals surface area (Å²) in [5, 5.41) is 12.3. The van der Waals surface area contributed by atoms with Crippen molar-refractivity contribution in [1.29, 1.82) is 0 Å². The number of rotatable bonds is 3. The lowest BCUT2D eigenvalue weighted by Gasteiger charge is -2.42. The number of aliphatic hydroxyl groups is 1. The van der Waals surface area contributed by atoms with Crippen molar-refractivity contribution in [2.75, 3.05) is 13.2 Å². The van der Waals surface area contributed by atoms with E-state index in [4.69, 9.17) is 9.47 Å². The van der Waals surface area contributed by atoms with E-state index in [1.54, 1.807) is 0 Å². The summed E-state index contributed by atoms with van der Waals surface area (Å²) in [7, 11) is 0. The van der Waals surface area contributed by atoms with Gasteiger partial charge in [-0.15, -0.1) is 0 Å². The van der Waals surface area contributed by atoms with Crippen molar-refractivity contribution in [1.82, 2.24) is 9.88 Å². The molecule has 5 nitrogen and oxygen atoms in total. The first-order valence-electron chi connectivity index (χ1n) is 9.69. The van der Waals surface area contributed by atoms with Crippen molar-refractivity contribution in [2.24, 2.45) is 0 Å². The van der Waals surface area contributed by atoms with Gasteiger partial charge < -0.3 is 19.6 Å². The summed E-state index contributed by atoms with van der Waals surface area (Å²) in [6.45, 7) is 1.21. The molecule has 0 spiro atoms. The number of aromatic amines is 1. The molecular formula is C22H24N2O3. The van der Waals surface area contributed by atoms with E-state index in [0.717, 1.165) is 42.8 Å². The van der Waals surface area contributed by atoms with Gasteiger partial charge in [0.05, 0.1) is 6.04 Å². The van der Waals surface area contributed by atoms with Gasteiger partial charge in [-0.2, -0.15) is 0 Å². The van der Waals surface area contributed by atoms with Crippen molar-refractivity contribution < 1.29 is 14.6 Å². The number of aromatic nitrogens is 1. The summed E-state index contributed by atoms with van der Waals surface area (Å²) in [6, 6.07) is 18.3. The highest BCUT2D eigenvalue weighted by molar-refractivity contribution is 5.80. The van der Waals surface area contributed by atoms with Crippen molar-refractivity contribution >= 4 is 10.9 Å². The van der Waals surface area contributed by atoms with Gasteiger partial charge in [0.25, 0.3) is 0 Å². The highest BCUT2D eigenvalue weighted by Crippen LogP contribution is 2.37. The van der Waals surface area contributed by atoms with Gasteiger partial charge in [0.1, 0.15) is 12.8 Å². The fourth-order valence-electron chi connectivity index (χ4n) is 4.28. The standard InChI is InChI=1S/C22H24N2O3/c25-22(21-14-26-19-10-3-4-11-20(19)27-21)24-12-6-5-9-18(24)17-13-15-7-1-2-8-16(15)23-17/h1-4,7-8,10-11,13,18,21-23,25H,5-6,9,12,14H2. The molecule has 1 fully saturated rings. The summed E-state index contributed by atoms with van der Waals surface area (Å²) in [4.78, 5) is 5.71. The second kappa shape index (κ2) is 6.91. The molecule has 3 atom stereocenters. The third-order valence-electron chi connectivity index (χ3n) is 5.66. The first-order chi connectivity index (χ1) is 13.3. The molecule has 5 rings (SSSR count). The van der Waals surface area contributed by atoms with Gasteiger partial charge in [0.15, 0.2) is 17.6 Å². The van der Waals surface area contributed by atoms with E-state index < -0.39 is 12.3 Å². The maximum absolute atomic E-state index is 11.1. The van der Waals surface area contributed by atoms with Gasteiger partial charge in [-0.3, -0.25) is 4.90 Å². The first kappa shape index (κ1) is 16.7. The number of fused-ring (bicyclic) bond motifs is 2. The van der Waals surface area contributed by atoms with Crippen molar-refractivity contribution in [3.05, 3.63) is 60.3 Å². The third-order valence-corrected chi connectivity index (χ3v) is 5.66. The van der Waals surface area contributed by atoms with Crippen molar-refractivity contribution in [2.45, 2.75) is 37.6 Å². The lowest BCUT2D eigenvalue weighted by Crippen LogP contribution is -2.52. The molecule has 3 heterocycles. The molecule has 27 heavy (non-hydrogen) atoms. The number of likely N-dealkylation sites (tertiary alicyclic amines) is 1. The molecule has 1 saturated heterocycles. The monoisotopic (exact) mass is 364 g/mol. The smallest absolute Gasteiger partial charge is 0.172 e. The Balaban J connectivity index is 1.40. The predicted molar refractivity (Wildman–Crippen MR) is 104 cm³/mol. The van der Waals surface area contributed by atoms with Crippen LogP contribution in [0.1, 0.15) is 31.0 Å². The fraction of sp³-hybridized carbons (Fsp3) is 0.364. The summed E-state index contributed by atoms with van der Waals surface area (Å²) >= 11 is 0. The molecule has 3 unspecified atom stereocenters. The number of nitrogens with zero attached hydrogens (tertiary/aromatic N) is 1. The molecule has 2 aliphatic rings. The Morgan fingerprint density at radius 3 is 2.74 bits per heavy atom. The maximum Gasteiger partial charge on any atom is 0.172 e. The molecule has 2 aliphatic heterocycles. The van der Waals surface area contributed by atoms with Crippen LogP contribution in [0.4, 0.5) is 0 Å². The topological polar surface area (TPSA) is 57.7 Å². The Morgan fingerprint density at radius 2 is 1.85 bits per heavy atom. The minimum absolute atomic E-state index is 0.155. The molecule has 140 valence electrons. The lowest BCUT2D eigenvalue weighted by molar-refractivity contribution is -0.119. The van der Waals surface area contributed by atoms with E-state index in [1.165, 1.54) is 5.39 Å². The molecular weight excluding hydrogens is 340 g/mol. The minimum Gasteiger partial charge on any atom is -0.486 e. The molecule has 0 radical (unpaired) electrons. The van der Waals surface area contributed by atoms with E-state index in [2.05, 4.69) is 34.1 Å². The summed E-state index contributed by atoms with van der Waals surface area (Å²) in [5.74, 6) is 1.44. The number of para-hydroxylation sites is 3. The second-order valence-corrected chi connectivity index (χ2v) is 7.39. The largest absolute Gasteiger partial charge is 0.486 e. The molecule has 0 aliphatic carbocycles. The zero-order valence-corrected chi connectivity index (χ0v) is 15.2. The number of nitrogens with one attached hydrogen (secondary N) is 1. The van der Waals surface area contributed by atoms with Gasteiger partial charge in [-0.05, 0) is 42.5 Å². The molecule has 0 saturated carbocycles. The molecule has 2 aromatic carbocycles. The van der Waals surface area contributed by atoms with E-state index in [1.807, 2.05) is 30.3 Å². The highest BCUT2D eigenvalue weighted by atomic mass is 16.6. The van der Waals surface area contributed by atoms with E-state index in [-0.39, 0.29) is 6.04 Å². The van der Waals surface area contributed by atoms with Crippen molar-refractivity contribution in [3.8, 4) is 11.5 Å². The number of hydrogen-bond acceptors (Lipinski definition) is 4. The fourth-order valence-corrected chi connectivity index (χ4v) is 4.28. The average Bonchev–Trinajstić information content (AvgIpc) is 3.17. The van der Waals surface area contributed by atoms with Crippen LogP contribution in [0.5, 0.6) is 11.5 Å². The molecule has 0 bridgehead atoms. The molecule has 1 aromatic heterocycles. The SMILES string of the molecule is OC(C1COc2ccccc2O1)N1CCCCC1c1cc2ccccc2[nH]1. The number of hydrogen-bond donors (Lipinski definition) is 2.